The minimum absolute atomic E-state index is 0.0795. The summed E-state index contributed by atoms with van der Waals surface area (Å²) in [5, 5.41) is 4.67. The maximum absolute atomic E-state index is 13.7. The summed E-state index contributed by atoms with van der Waals surface area (Å²) >= 11 is 0. The van der Waals surface area contributed by atoms with E-state index >= 15 is 0 Å². The Morgan fingerprint density at radius 1 is 0.865 bits per heavy atom. The molecule has 4 aromatic rings. The minimum atomic E-state index is 0.0795. The van der Waals surface area contributed by atoms with Crippen LogP contribution in [0.15, 0.2) is 67.0 Å². The molecule has 1 saturated heterocycles. The molecular formula is C30H30N6O. The summed E-state index contributed by atoms with van der Waals surface area (Å²) in [6.45, 7) is 4.13. The number of hydrogen-bond acceptors (Lipinski definition) is 5. The molecule has 2 fully saturated rings. The van der Waals surface area contributed by atoms with Gasteiger partial charge in [-0.05, 0) is 42.4 Å². The van der Waals surface area contributed by atoms with E-state index in [0.717, 1.165) is 69.8 Å². The molecule has 1 saturated carbocycles. The van der Waals surface area contributed by atoms with Gasteiger partial charge in [0.05, 0.1) is 23.1 Å². The highest BCUT2D eigenvalue weighted by molar-refractivity contribution is 5.95. The van der Waals surface area contributed by atoms with Crippen LogP contribution < -0.4 is 0 Å². The lowest BCUT2D eigenvalue weighted by Crippen LogP contribution is -2.48. The van der Waals surface area contributed by atoms with Gasteiger partial charge in [-0.15, -0.1) is 0 Å². The van der Waals surface area contributed by atoms with Gasteiger partial charge in [0, 0.05) is 50.4 Å². The van der Waals surface area contributed by atoms with Gasteiger partial charge in [0.1, 0.15) is 0 Å². The summed E-state index contributed by atoms with van der Waals surface area (Å²) in [5.74, 6) is 0.979. The first-order valence-electron chi connectivity index (χ1n) is 13.3. The van der Waals surface area contributed by atoms with Crippen LogP contribution in [-0.2, 0) is 19.4 Å². The average molecular weight is 491 g/mol. The molecule has 2 aromatic heterocycles. The number of benzene rings is 2. The van der Waals surface area contributed by atoms with Gasteiger partial charge in [0.25, 0.3) is 11.9 Å². The Balaban J connectivity index is 1.14. The van der Waals surface area contributed by atoms with Crippen molar-refractivity contribution >= 4 is 5.91 Å². The molecule has 0 spiro atoms. The molecule has 7 heteroatoms. The third-order valence-corrected chi connectivity index (χ3v) is 7.89. The third-order valence-electron chi connectivity index (χ3n) is 7.89. The topological polar surface area (TPSA) is 67.2 Å². The fourth-order valence-corrected chi connectivity index (χ4v) is 5.71. The van der Waals surface area contributed by atoms with Gasteiger partial charge in [0.2, 0.25) is 0 Å². The molecule has 2 aliphatic carbocycles. The number of hydrogen-bond donors (Lipinski definition) is 0. The van der Waals surface area contributed by atoms with Crippen LogP contribution in [-0.4, -0.2) is 61.6 Å². The van der Waals surface area contributed by atoms with E-state index in [4.69, 9.17) is 9.97 Å². The van der Waals surface area contributed by atoms with Crippen LogP contribution in [0.2, 0.25) is 0 Å². The van der Waals surface area contributed by atoms with E-state index in [1.807, 2.05) is 21.8 Å². The first-order valence-corrected chi connectivity index (χ1v) is 13.3. The molecule has 7 rings (SSSR count). The lowest BCUT2D eigenvalue weighted by Gasteiger charge is -2.34. The van der Waals surface area contributed by atoms with Crippen LogP contribution in [0, 0.1) is 0 Å². The van der Waals surface area contributed by atoms with Gasteiger partial charge in [0.15, 0.2) is 0 Å². The SMILES string of the molecule is O=C(c1cnn(-c2ncc3c(n2)-c2ccccc2CC3)c1C1CC1)N1CCN(Cc2ccccc2)CC1. The highest BCUT2D eigenvalue weighted by Crippen LogP contribution is 2.43. The largest absolute Gasteiger partial charge is 0.336 e. The lowest BCUT2D eigenvalue weighted by atomic mass is 9.90. The zero-order valence-corrected chi connectivity index (χ0v) is 20.9. The Morgan fingerprint density at radius 2 is 1.62 bits per heavy atom. The van der Waals surface area contributed by atoms with Crippen molar-refractivity contribution in [2.75, 3.05) is 26.2 Å². The van der Waals surface area contributed by atoms with E-state index in [-0.39, 0.29) is 5.91 Å². The van der Waals surface area contributed by atoms with Gasteiger partial charge in [-0.1, -0.05) is 54.6 Å². The molecule has 37 heavy (non-hydrogen) atoms. The second kappa shape index (κ2) is 9.23. The van der Waals surface area contributed by atoms with E-state index < -0.39 is 0 Å². The number of aryl methyl sites for hydroxylation is 2. The summed E-state index contributed by atoms with van der Waals surface area (Å²) in [6, 6.07) is 19.0. The van der Waals surface area contributed by atoms with Crippen molar-refractivity contribution in [2.45, 2.75) is 38.1 Å². The summed E-state index contributed by atoms with van der Waals surface area (Å²) < 4.78 is 1.83. The molecule has 186 valence electrons. The minimum Gasteiger partial charge on any atom is -0.336 e. The number of carbonyl (C=O) groups excluding carboxylic acids is 1. The molecule has 2 aromatic carbocycles. The maximum atomic E-state index is 13.7. The van der Waals surface area contributed by atoms with Gasteiger partial charge in [-0.3, -0.25) is 9.69 Å². The van der Waals surface area contributed by atoms with Crippen LogP contribution >= 0.6 is 0 Å². The number of piperazine rings is 1. The Morgan fingerprint density at radius 3 is 2.43 bits per heavy atom. The Hall–Kier alpha value is -3.84. The quantitative estimate of drug-likeness (QED) is 0.418. The molecule has 3 aliphatic rings. The predicted molar refractivity (Wildman–Crippen MR) is 142 cm³/mol. The molecule has 0 atom stereocenters. The number of nitrogens with zero attached hydrogens (tertiary/aromatic N) is 6. The number of aromatic nitrogens is 4. The molecular weight excluding hydrogens is 460 g/mol. The van der Waals surface area contributed by atoms with Gasteiger partial charge in [-0.25, -0.2) is 14.6 Å². The van der Waals surface area contributed by atoms with Crippen LogP contribution in [0.25, 0.3) is 17.2 Å². The summed E-state index contributed by atoms with van der Waals surface area (Å²) in [7, 11) is 0. The van der Waals surface area contributed by atoms with E-state index in [1.54, 1.807) is 6.20 Å². The smallest absolute Gasteiger partial charge is 0.257 e. The summed E-state index contributed by atoms with van der Waals surface area (Å²) in [5.41, 5.74) is 7.66. The van der Waals surface area contributed by atoms with Crippen molar-refractivity contribution in [3.63, 3.8) is 0 Å². The molecule has 0 bridgehead atoms. The first kappa shape index (κ1) is 22.4. The number of rotatable bonds is 5. The molecule has 7 nitrogen and oxygen atoms in total. The summed E-state index contributed by atoms with van der Waals surface area (Å²) in [6.07, 6.45) is 7.79. The van der Waals surface area contributed by atoms with Crippen molar-refractivity contribution in [3.05, 3.63) is 94.9 Å². The zero-order valence-electron chi connectivity index (χ0n) is 20.9. The summed E-state index contributed by atoms with van der Waals surface area (Å²) in [4.78, 5) is 27.8. The maximum Gasteiger partial charge on any atom is 0.257 e. The highest BCUT2D eigenvalue weighted by atomic mass is 16.2. The first-order chi connectivity index (χ1) is 18.2. The second-order valence-electron chi connectivity index (χ2n) is 10.4. The van der Waals surface area contributed by atoms with Crippen molar-refractivity contribution in [3.8, 4) is 17.2 Å². The Labute approximate surface area is 216 Å². The predicted octanol–water partition coefficient (Wildman–Crippen LogP) is 4.26. The van der Waals surface area contributed by atoms with E-state index in [1.165, 1.54) is 22.3 Å². The number of amides is 1. The fourth-order valence-electron chi connectivity index (χ4n) is 5.71. The van der Waals surface area contributed by atoms with Crippen molar-refractivity contribution in [1.29, 1.82) is 0 Å². The molecule has 0 N–H and O–H groups in total. The van der Waals surface area contributed by atoms with Gasteiger partial charge in [-0.2, -0.15) is 5.10 Å². The van der Waals surface area contributed by atoms with Gasteiger partial charge < -0.3 is 4.90 Å². The molecule has 3 heterocycles. The zero-order chi connectivity index (χ0) is 24.8. The normalized spacial score (nSPS) is 17.4. The molecule has 0 radical (unpaired) electrons. The van der Waals surface area contributed by atoms with E-state index in [0.29, 0.717) is 17.4 Å². The fraction of sp³-hybridized carbons (Fsp3) is 0.333. The average Bonchev–Trinajstić information content (AvgIpc) is 3.70. The second-order valence-corrected chi connectivity index (χ2v) is 10.4. The van der Waals surface area contributed by atoms with Crippen molar-refractivity contribution < 1.29 is 4.79 Å². The standard InChI is InChI=1S/C30H30N6O/c37-29(35-16-14-34(15-17-35)20-21-6-2-1-3-7-21)26-19-32-36(28(26)23-11-12-23)30-31-18-24-13-10-22-8-4-5-9-25(22)27(24)33-30/h1-9,18-19,23H,10-17,20H2. The van der Waals surface area contributed by atoms with E-state index in [9.17, 15) is 4.79 Å². The molecule has 1 aliphatic heterocycles. The number of carbonyl (C=O) groups is 1. The Kier molecular flexibility index (Phi) is 5.58. The highest BCUT2D eigenvalue weighted by Gasteiger charge is 2.35. The van der Waals surface area contributed by atoms with E-state index in [2.05, 4.69) is 58.5 Å². The van der Waals surface area contributed by atoms with Crippen molar-refractivity contribution in [1.82, 2.24) is 29.5 Å². The lowest BCUT2D eigenvalue weighted by molar-refractivity contribution is 0.0627. The van der Waals surface area contributed by atoms with Crippen molar-refractivity contribution in [2.24, 2.45) is 0 Å². The Bertz CT molecular complexity index is 1450. The van der Waals surface area contributed by atoms with Crippen LogP contribution in [0.1, 0.15) is 51.5 Å². The third kappa shape index (κ3) is 4.23. The number of fused-ring (bicyclic) bond motifs is 3. The molecule has 1 amide bonds. The monoisotopic (exact) mass is 490 g/mol. The molecule has 0 unspecified atom stereocenters. The van der Waals surface area contributed by atoms with Crippen LogP contribution in [0.5, 0.6) is 0 Å². The van der Waals surface area contributed by atoms with Crippen LogP contribution in [0.3, 0.4) is 0 Å². The van der Waals surface area contributed by atoms with Gasteiger partial charge >= 0.3 is 0 Å². The van der Waals surface area contributed by atoms with Crippen LogP contribution in [0.4, 0.5) is 0 Å².